The van der Waals surface area contributed by atoms with Gasteiger partial charge in [-0.2, -0.15) is 0 Å². The highest BCUT2D eigenvalue weighted by molar-refractivity contribution is 5.84. The van der Waals surface area contributed by atoms with Crippen molar-refractivity contribution in [3.8, 4) is 0 Å². The quantitative estimate of drug-likeness (QED) is 0.740. The fourth-order valence-electron chi connectivity index (χ4n) is 2.53. The number of likely N-dealkylation sites (tertiary alicyclic amines) is 1. The first kappa shape index (κ1) is 13.6. The van der Waals surface area contributed by atoms with Crippen LogP contribution in [0.5, 0.6) is 0 Å². The summed E-state index contributed by atoms with van der Waals surface area (Å²) in [4.78, 5) is 37.2. The minimum Gasteiger partial charge on any atom is -0.480 e. The largest absolute Gasteiger partial charge is 0.480 e. The molecule has 1 atom stereocenters. The summed E-state index contributed by atoms with van der Waals surface area (Å²) in [5.74, 6) is -1.47. The molecule has 7 nitrogen and oxygen atoms in total. The van der Waals surface area contributed by atoms with E-state index in [0.29, 0.717) is 19.5 Å². The van der Waals surface area contributed by atoms with E-state index in [1.807, 2.05) is 0 Å². The molecule has 2 aliphatic rings. The topological polar surface area (TPSA) is 104 Å². The van der Waals surface area contributed by atoms with Gasteiger partial charge >= 0.3 is 12.0 Å². The van der Waals surface area contributed by atoms with Gasteiger partial charge in [0.1, 0.15) is 6.54 Å². The second-order valence-electron chi connectivity index (χ2n) is 5.21. The van der Waals surface area contributed by atoms with Crippen LogP contribution in [-0.4, -0.2) is 58.5 Å². The van der Waals surface area contributed by atoms with Crippen LogP contribution in [0.25, 0.3) is 0 Å². The molecule has 0 radical (unpaired) electrons. The van der Waals surface area contributed by atoms with Gasteiger partial charge in [-0.25, -0.2) is 4.79 Å². The summed E-state index contributed by atoms with van der Waals surface area (Å²) in [5, 5.41) is 8.87. The molecule has 1 aliphatic heterocycles. The summed E-state index contributed by atoms with van der Waals surface area (Å²) < 4.78 is 0. The molecule has 7 heteroatoms. The number of amides is 3. The van der Waals surface area contributed by atoms with Gasteiger partial charge in [0, 0.05) is 19.1 Å². The van der Waals surface area contributed by atoms with Gasteiger partial charge in [0.15, 0.2) is 0 Å². The van der Waals surface area contributed by atoms with E-state index in [1.54, 1.807) is 0 Å². The molecule has 2 fully saturated rings. The predicted molar refractivity (Wildman–Crippen MR) is 66.3 cm³/mol. The fourth-order valence-corrected chi connectivity index (χ4v) is 2.53. The maximum Gasteiger partial charge on any atom is 0.323 e. The second kappa shape index (κ2) is 5.46. The zero-order valence-electron chi connectivity index (χ0n) is 10.7. The molecule has 0 aromatic rings. The molecule has 3 N–H and O–H groups in total. The fraction of sp³-hybridized carbons (Fsp3) is 0.750. The van der Waals surface area contributed by atoms with E-state index in [1.165, 1.54) is 9.80 Å². The molecular weight excluding hydrogens is 250 g/mol. The van der Waals surface area contributed by atoms with Gasteiger partial charge in [0.2, 0.25) is 5.91 Å². The first-order chi connectivity index (χ1) is 8.99. The summed E-state index contributed by atoms with van der Waals surface area (Å²) in [6.45, 7) is 0.620. The summed E-state index contributed by atoms with van der Waals surface area (Å²) >= 11 is 0. The van der Waals surface area contributed by atoms with Crippen molar-refractivity contribution in [3.05, 3.63) is 0 Å². The Morgan fingerprint density at radius 3 is 2.47 bits per heavy atom. The van der Waals surface area contributed by atoms with Crippen LogP contribution in [-0.2, 0) is 9.59 Å². The Balaban J connectivity index is 2.00. The SMILES string of the molecule is NC(=O)N1CCCC(C(=O)N(CC(=O)O)C2CC2)C1. The number of carbonyl (C=O) groups is 3. The van der Waals surface area contributed by atoms with Crippen LogP contribution >= 0.6 is 0 Å². The van der Waals surface area contributed by atoms with Crippen LogP contribution in [0.3, 0.4) is 0 Å². The standard InChI is InChI=1S/C12H19N3O4/c13-12(19)14-5-1-2-8(6-14)11(18)15(7-10(16)17)9-3-4-9/h8-9H,1-7H2,(H2,13,19)(H,16,17). The van der Waals surface area contributed by atoms with Crippen molar-refractivity contribution in [1.29, 1.82) is 0 Å². The van der Waals surface area contributed by atoms with E-state index in [4.69, 9.17) is 10.8 Å². The molecule has 0 aromatic heterocycles. The Bertz CT molecular complexity index is 394. The molecule has 1 unspecified atom stereocenters. The summed E-state index contributed by atoms with van der Waals surface area (Å²) in [6, 6.07) is -0.457. The first-order valence-corrected chi connectivity index (χ1v) is 6.55. The number of nitrogens with two attached hydrogens (primary N) is 1. The zero-order chi connectivity index (χ0) is 14.0. The molecule has 3 amide bonds. The number of urea groups is 1. The lowest BCUT2D eigenvalue weighted by Crippen LogP contribution is -2.49. The molecular formula is C12H19N3O4. The molecule has 0 bridgehead atoms. The van der Waals surface area contributed by atoms with Gasteiger partial charge in [0.25, 0.3) is 0 Å². The van der Waals surface area contributed by atoms with Crippen LogP contribution in [0.4, 0.5) is 4.79 Å². The highest BCUT2D eigenvalue weighted by atomic mass is 16.4. The lowest BCUT2D eigenvalue weighted by Gasteiger charge is -2.33. The van der Waals surface area contributed by atoms with Crippen molar-refractivity contribution in [1.82, 2.24) is 9.80 Å². The second-order valence-corrected chi connectivity index (χ2v) is 5.21. The monoisotopic (exact) mass is 269 g/mol. The normalized spacial score (nSPS) is 22.9. The minimum atomic E-state index is -0.997. The van der Waals surface area contributed by atoms with Crippen LogP contribution in [0.15, 0.2) is 0 Å². The summed E-state index contributed by atoms with van der Waals surface area (Å²) in [7, 11) is 0. The van der Waals surface area contributed by atoms with E-state index in [0.717, 1.165) is 19.3 Å². The smallest absolute Gasteiger partial charge is 0.323 e. The highest BCUT2D eigenvalue weighted by Crippen LogP contribution is 2.29. The van der Waals surface area contributed by atoms with E-state index in [2.05, 4.69) is 0 Å². The van der Waals surface area contributed by atoms with E-state index in [9.17, 15) is 14.4 Å². The third kappa shape index (κ3) is 3.36. The number of hydrogen-bond donors (Lipinski definition) is 2. The van der Waals surface area contributed by atoms with Crippen LogP contribution in [0.1, 0.15) is 25.7 Å². The molecule has 1 saturated carbocycles. The number of rotatable bonds is 4. The van der Waals surface area contributed by atoms with Gasteiger partial charge in [-0.1, -0.05) is 0 Å². The van der Waals surface area contributed by atoms with Crippen molar-refractivity contribution < 1.29 is 19.5 Å². The number of nitrogens with zero attached hydrogens (tertiary/aromatic N) is 2. The van der Waals surface area contributed by atoms with Crippen molar-refractivity contribution in [2.75, 3.05) is 19.6 Å². The third-order valence-electron chi connectivity index (χ3n) is 3.66. The Morgan fingerprint density at radius 2 is 1.95 bits per heavy atom. The summed E-state index contributed by atoms with van der Waals surface area (Å²) in [5.41, 5.74) is 5.23. The van der Waals surface area contributed by atoms with Crippen molar-refractivity contribution in [2.24, 2.45) is 11.7 Å². The molecule has 0 aromatic carbocycles. The van der Waals surface area contributed by atoms with Crippen molar-refractivity contribution in [2.45, 2.75) is 31.7 Å². The average molecular weight is 269 g/mol. The molecule has 1 saturated heterocycles. The number of hydrogen-bond acceptors (Lipinski definition) is 3. The number of carboxylic acids is 1. The van der Waals surface area contributed by atoms with Gasteiger partial charge in [0.05, 0.1) is 5.92 Å². The van der Waals surface area contributed by atoms with Gasteiger partial charge in [-0.3, -0.25) is 9.59 Å². The van der Waals surface area contributed by atoms with Crippen LogP contribution in [0.2, 0.25) is 0 Å². The molecule has 1 aliphatic carbocycles. The minimum absolute atomic E-state index is 0.0626. The van der Waals surface area contributed by atoms with E-state index < -0.39 is 12.0 Å². The number of piperidine rings is 1. The molecule has 0 spiro atoms. The Labute approximate surface area is 111 Å². The third-order valence-corrected chi connectivity index (χ3v) is 3.66. The van der Waals surface area contributed by atoms with Gasteiger partial charge in [-0.15, -0.1) is 0 Å². The van der Waals surface area contributed by atoms with Crippen LogP contribution < -0.4 is 5.73 Å². The number of primary amides is 1. The number of carboxylic acid groups (broad SMARTS) is 1. The number of aliphatic carboxylic acids is 1. The van der Waals surface area contributed by atoms with Crippen molar-refractivity contribution >= 4 is 17.9 Å². The highest BCUT2D eigenvalue weighted by Gasteiger charge is 2.38. The molecule has 106 valence electrons. The maximum atomic E-state index is 12.4. The van der Waals surface area contributed by atoms with Crippen molar-refractivity contribution in [3.63, 3.8) is 0 Å². The lowest BCUT2D eigenvalue weighted by molar-refractivity contribution is -0.147. The van der Waals surface area contributed by atoms with E-state index >= 15 is 0 Å². The summed E-state index contributed by atoms with van der Waals surface area (Å²) in [6.07, 6.45) is 3.15. The number of carbonyl (C=O) groups excluding carboxylic acids is 2. The zero-order valence-corrected chi connectivity index (χ0v) is 10.7. The Kier molecular flexibility index (Phi) is 3.92. The average Bonchev–Trinajstić information content (AvgIpc) is 3.19. The lowest BCUT2D eigenvalue weighted by atomic mass is 9.96. The van der Waals surface area contributed by atoms with Gasteiger partial charge < -0.3 is 20.6 Å². The molecule has 19 heavy (non-hydrogen) atoms. The Morgan fingerprint density at radius 1 is 1.26 bits per heavy atom. The van der Waals surface area contributed by atoms with E-state index in [-0.39, 0.29) is 24.4 Å². The molecule has 2 rings (SSSR count). The first-order valence-electron chi connectivity index (χ1n) is 6.55. The molecule has 1 heterocycles. The Hall–Kier alpha value is -1.79. The maximum absolute atomic E-state index is 12.4. The van der Waals surface area contributed by atoms with Gasteiger partial charge in [-0.05, 0) is 25.7 Å². The van der Waals surface area contributed by atoms with Crippen LogP contribution in [0, 0.1) is 5.92 Å². The predicted octanol–water partition coefficient (Wildman–Crippen LogP) is -0.147.